The van der Waals surface area contributed by atoms with Gasteiger partial charge >= 0.3 is 6.18 Å². The second kappa shape index (κ2) is 5.69. The number of alkyl halides is 3. The Kier molecular flexibility index (Phi) is 3.49. The molecule has 0 spiro atoms. The number of halogens is 4. The summed E-state index contributed by atoms with van der Waals surface area (Å²) >= 11 is 6.11. The zero-order valence-electron chi connectivity index (χ0n) is 13.9. The SMILES string of the molecule is FC(F)(F)Cn1ncc2ccc([C@H]3C[C@@H]3c3cc(Cl)nn4ccnc34)cc21. The maximum Gasteiger partial charge on any atom is 0.408 e. The summed E-state index contributed by atoms with van der Waals surface area (Å²) in [4.78, 5) is 4.35. The second-order valence-corrected chi connectivity index (χ2v) is 7.19. The third kappa shape index (κ3) is 2.93. The molecule has 138 valence electrons. The van der Waals surface area contributed by atoms with Crippen LogP contribution in [0.2, 0.25) is 5.15 Å². The first-order valence-corrected chi connectivity index (χ1v) is 8.79. The average molecular weight is 392 g/mol. The van der Waals surface area contributed by atoms with Gasteiger partial charge < -0.3 is 0 Å². The van der Waals surface area contributed by atoms with Crippen LogP contribution in [0.1, 0.15) is 29.4 Å². The van der Waals surface area contributed by atoms with E-state index in [1.54, 1.807) is 16.9 Å². The van der Waals surface area contributed by atoms with Crippen molar-refractivity contribution in [1.29, 1.82) is 0 Å². The van der Waals surface area contributed by atoms with E-state index in [1.165, 1.54) is 6.20 Å². The summed E-state index contributed by atoms with van der Waals surface area (Å²) in [5.74, 6) is 0.425. The van der Waals surface area contributed by atoms with Gasteiger partial charge in [0.25, 0.3) is 0 Å². The van der Waals surface area contributed by atoms with Gasteiger partial charge in [-0.05, 0) is 36.0 Å². The minimum atomic E-state index is -4.31. The molecule has 1 aromatic carbocycles. The van der Waals surface area contributed by atoms with Gasteiger partial charge in [-0.15, -0.1) is 0 Å². The average Bonchev–Trinajstić information content (AvgIpc) is 3.10. The molecule has 1 aliphatic rings. The van der Waals surface area contributed by atoms with E-state index in [1.807, 2.05) is 24.3 Å². The number of benzene rings is 1. The Morgan fingerprint density at radius 2 is 2.04 bits per heavy atom. The van der Waals surface area contributed by atoms with Crippen molar-refractivity contribution in [1.82, 2.24) is 24.4 Å². The first-order chi connectivity index (χ1) is 12.9. The minimum Gasteiger partial charge on any atom is -0.256 e. The molecule has 5 rings (SSSR count). The van der Waals surface area contributed by atoms with Crippen molar-refractivity contribution in [3.05, 3.63) is 59.1 Å². The molecule has 9 heteroatoms. The fourth-order valence-corrected chi connectivity index (χ4v) is 3.90. The maximum absolute atomic E-state index is 12.8. The van der Waals surface area contributed by atoms with Crippen LogP contribution in [-0.4, -0.2) is 30.6 Å². The molecular formula is C18H13ClF3N5. The van der Waals surface area contributed by atoms with Gasteiger partial charge in [0.1, 0.15) is 11.7 Å². The Labute approximate surface area is 156 Å². The standard InChI is InChI=1S/C18H13ClF3N5/c19-16-7-14(17-23-3-4-26(17)25-16)13-6-12(13)10-1-2-11-8-24-27(15(11)5-10)9-18(20,21)22/h1-5,7-8,12-13H,6,9H2/t12-,13+/m1/s1. The summed E-state index contributed by atoms with van der Waals surface area (Å²) < 4.78 is 41.0. The van der Waals surface area contributed by atoms with Gasteiger partial charge in [-0.2, -0.15) is 23.4 Å². The molecule has 3 heterocycles. The van der Waals surface area contributed by atoms with Crippen molar-refractivity contribution in [3.63, 3.8) is 0 Å². The molecule has 0 amide bonds. The lowest BCUT2D eigenvalue weighted by Gasteiger charge is -2.08. The molecule has 0 aliphatic heterocycles. The van der Waals surface area contributed by atoms with E-state index in [2.05, 4.69) is 15.2 Å². The normalized spacial score (nSPS) is 19.9. The lowest BCUT2D eigenvalue weighted by atomic mass is 10.0. The van der Waals surface area contributed by atoms with Gasteiger partial charge in [0, 0.05) is 23.3 Å². The van der Waals surface area contributed by atoms with Crippen molar-refractivity contribution >= 4 is 28.2 Å². The van der Waals surface area contributed by atoms with Crippen LogP contribution in [0.3, 0.4) is 0 Å². The fraction of sp³-hybridized carbons (Fsp3) is 0.278. The number of hydrogen-bond acceptors (Lipinski definition) is 3. The van der Waals surface area contributed by atoms with E-state index >= 15 is 0 Å². The monoisotopic (exact) mass is 391 g/mol. The third-order valence-corrected chi connectivity index (χ3v) is 5.16. The lowest BCUT2D eigenvalue weighted by molar-refractivity contribution is -0.141. The van der Waals surface area contributed by atoms with Crippen molar-refractivity contribution in [3.8, 4) is 0 Å². The first-order valence-electron chi connectivity index (χ1n) is 8.41. The quantitative estimate of drug-likeness (QED) is 0.514. The highest BCUT2D eigenvalue weighted by atomic mass is 35.5. The van der Waals surface area contributed by atoms with Gasteiger partial charge in [0.2, 0.25) is 0 Å². The van der Waals surface area contributed by atoms with E-state index in [-0.39, 0.29) is 11.8 Å². The molecule has 27 heavy (non-hydrogen) atoms. The highest BCUT2D eigenvalue weighted by Gasteiger charge is 2.41. The van der Waals surface area contributed by atoms with Gasteiger partial charge in [-0.25, -0.2) is 9.50 Å². The van der Waals surface area contributed by atoms with E-state index in [0.29, 0.717) is 16.1 Å². The molecule has 2 atom stereocenters. The molecule has 1 aliphatic carbocycles. The Balaban J connectivity index is 1.50. The number of fused-ring (bicyclic) bond motifs is 2. The molecule has 0 bridgehead atoms. The first kappa shape index (κ1) is 16.6. The molecule has 4 aromatic rings. The summed E-state index contributed by atoms with van der Waals surface area (Å²) in [7, 11) is 0. The number of imidazole rings is 1. The Bertz CT molecular complexity index is 1160. The van der Waals surface area contributed by atoms with E-state index in [4.69, 9.17) is 11.6 Å². The summed E-state index contributed by atoms with van der Waals surface area (Å²) in [6, 6.07) is 7.41. The topological polar surface area (TPSA) is 48.0 Å². The Morgan fingerprint density at radius 3 is 2.85 bits per heavy atom. The summed E-state index contributed by atoms with van der Waals surface area (Å²) in [5, 5.41) is 9.15. The summed E-state index contributed by atoms with van der Waals surface area (Å²) in [5.41, 5.74) is 3.26. The van der Waals surface area contributed by atoms with E-state index in [0.717, 1.165) is 27.9 Å². The fourth-order valence-electron chi connectivity index (χ4n) is 3.70. The minimum absolute atomic E-state index is 0.211. The highest BCUT2D eigenvalue weighted by Crippen LogP contribution is 2.55. The maximum atomic E-state index is 12.8. The van der Waals surface area contributed by atoms with Crippen LogP contribution >= 0.6 is 11.6 Å². The van der Waals surface area contributed by atoms with Crippen LogP contribution in [-0.2, 0) is 6.54 Å². The molecule has 3 aromatic heterocycles. The van der Waals surface area contributed by atoms with Crippen LogP contribution in [0.15, 0.2) is 42.9 Å². The predicted octanol–water partition coefficient (Wildman–Crippen LogP) is 4.57. The van der Waals surface area contributed by atoms with Crippen LogP contribution < -0.4 is 0 Å². The van der Waals surface area contributed by atoms with Crippen molar-refractivity contribution in [2.45, 2.75) is 31.0 Å². The lowest BCUT2D eigenvalue weighted by Crippen LogP contribution is -2.18. The predicted molar refractivity (Wildman–Crippen MR) is 93.9 cm³/mol. The number of hydrogen-bond donors (Lipinski definition) is 0. The van der Waals surface area contributed by atoms with Crippen molar-refractivity contribution < 1.29 is 13.2 Å². The zero-order valence-corrected chi connectivity index (χ0v) is 14.6. The third-order valence-electron chi connectivity index (χ3n) is 4.97. The van der Waals surface area contributed by atoms with Crippen molar-refractivity contribution in [2.24, 2.45) is 0 Å². The summed E-state index contributed by atoms with van der Waals surface area (Å²) in [6.45, 7) is -1.09. The molecule has 0 N–H and O–H groups in total. The van der Waals surface area contributed by atoms with Gasteiger partial charge in [-0.3, -0.25) is 4.68 Å². The van der Waals surface area contributed by atoms with Crippen LogP contribution in [0.4, 0.5) is 13.2 Å². The summed E-state index contributed by atoms with van der Waals surface area (Å²) in [6.07, 6.45) is 1.45. The van der Waals surface area contributed by atoms with E-state index in [9.17, 15) is 13.2 Å². The highest BCUT2D eigenvalue weighted by molar-refractivity contribution is 6.29. The Hall–Kier alpha value is -2.61. The number of rotatable bonds is 3. The number of aromatic nitrogens is 5. The molecule has 1 saturated carbocycles. The molecule has 5 nitrogen and oxygen atoms in total. The van der Waals surface area contributed by atoms with Gasteiger partial charge in [0.05, 0.1) is 11.7 Å². The van der Waals surface area contributed by atoms with E-state index < -0.39 is 12.7 Å². The molecule has 1 fully saturated rings. The van der Waals surface area contributed by atoms with Gasteiger partial charge in [-0.1, -0.05) is 23.7 Å². The molecule has 0 radical (unpaired) electrons. The van der Waals surface area contributed by atoms with Crippen LogP contribution in [0, 0.1) is 0 Å². The van der Waals surface area contributed by atoms with Crippen LogP contribution in [0.25, 0.3) is 16.6 Å². The number of nitrogens with zero attached hydrogens (tertiary/aromatic N) is 5. The van der Waals surface area contributed by atoms with Gasteiger partial charge in [0.15, 0.2) is 5.65 Å². The molecular weight excluding hydrogens is 379 g/mol. The van der Waals surface area contributed by atoms with Crippen molar-refractivity contribution in [2.75, 3.05) is 0 Å². The zero-order chi connectivity index (χ0) is 18.8. The second-order valence-electron chi connectivity index (χ2n) is 6.80. The smallest absolute Gasteiger partial charge is 0.256 e. The Morgan fingerprint density at radius 1 is 1.19 bits per heavy atom. The molecule has 0 unspecified atom stereocenters. The molecule has 0 saturated heterocycles. The largest absolute Gasteiger partial charge is 0.408 e. The van der Waals surface area contributed by atoms with Crippen LogP contribution in [0.5, 0.6) is 0 Å².